The molecule has 7 nitrogen and oxygen atoms in total. The van der Waals surface area contributed by atoms with Crippen molar-refractivity contribution in [3.8, 4) is 0 Å². The van der Waals surface area contributed by atoms with Gasteiger partial charge < -0.3 is 25.0 Å². The lowest BCUT2D eigenvalue weighted by Crippen LogP contribution is -2.38. The zero-order valence-corrected chi connectivity index (χ0v) is 14.3. The van der Waals surface area contributed by atoms with Crippen molar-refractivity contribution in [3.05, 3.63) is 23.0 Å². The Morgan fingerprint density at radius 3 is 2.64 bits per heavy atom. The Morgan fingerprint density at radius 2 is 2.00 bits per heavy atom. The minimum absolute atomic E-state index is 0.0217. The van der Waals surface area contributed by atoms with Gasteiger partial charge in [-0.2, -0.15) is 0 Å². The quantitative estimate of drug-likeness (QED) is 0.851. The summed E-state index contributed by atoms with van der Waals surface area (Å²) in [4.78, 5) is 26.9. The average Bonchev–Trinajstić information content (AvgIpc) is 3.09. The average molecular weight is 372 g/mol. The van der Waals surface area contributed by atoms with Gasteiger partial charge >= 0.3 is 12.0 Å². The first-order valence-electron chi connectivity index (χ1n) is 8.06. The first-order chi connectivity index (χ1) is 12.0. The molecule has 1 aromatic rings. The van der Waals surface area contributed by atoms with Crippen molar-refractivity contribution >= 4 is 35.0 Å². The molecule has 2 aliphatic heterocycles. The van der Waals surface area contributed by atoms with Crippen LogP contribution in [0.3, 0.4) is 0 Å². The number of hydrogen-bond acceptors (Lipinski definition) is 4. The molecule has 2 aliphatic rings. The smallest absolute Gasteiger partial charge is 0.321 e. The van der Waals surface area contributed by atoms with Gasteiger partial charge in [0.25, 0.3) is 0 Å². The maximum absolute atomic E-state index is 13.9. The number of anilines is 2. The van der Waals surface area contributed by atoms with E-state index < -0.39 is 23.7 Å². The molecule has 1 atom stereocenters. The van der Waals surface area contributed by atoms with E-state index in [1.807, 2.05) is 4.90 Å². The summed E-state index contributed by atoms with van der Waals surface area (Å²) in [6, 6.07) is 2.23. The van der Waals surface area contributed by atoms with Crippen molar-refractivity contribution < 1.29 is 23.8 Å². The number of morpholine rings is 1. The molecule has 0 saturated carbocycles. The summed E-state index contributed by atoms with van der Waals surface area (Å²) < 4.78 is 19.2. The summed E-state index contributed by atoms with van der Waals surface area (Å²) in [5.74, 6) is -2.10. The van der Waals surface area contributed by atoms with Crippen LogP contribution in [0, 0.1) is 11.7 Å². The maximum Gasteiger partial charge on any atom is 0.321 e. The molecule has 0 aromatic heterocycles. The Bertz CT molecular complexity index is 682. The van der Waals surface area contributed by atoms with Gasteiger partial charge in [-0.3, -0.25) is 4.79 Å². The predicted octanol–water partition coefficient (Wildman–Crippen LogP) is 2.25. The van der Waals surface area contributed by atoms with Crippen LogP contribution in [0.4, 0.5) is 20.6 Å². The van der Waals surface area contributed by atoms with E-state index in [0.717, 1.165) is 0 Å². The van der Waals surface area contributed by atoms with E-state index in [4.69, 9.17) is 21.4 Å². The predicted molar refractivity (Wildman–Crippen MR) is 90.8 cm³/mol. The number of ether oxygens (including phenoxy) is 1. The SMILES string of the molecule is O=C(O)C1CCN(C(=O)Nc2cc(F)c(Cl)cc2N2CCOCC2)C1. The fourth-order valence-electron chi connectivity index (χ4n) is 3.04. The summed E-state index contributed by atoms with van der Waals surface area (Å²) in [5, 5.41) is 11.7. The maximum atomic E-state index is 13.9. The van der Waals surface area contributed by atoms with Crippen LogP contribution in [0.2, 0.25) is 5.02 Å². The van der Waals surface area contributed by atoms with Gasteiger partial charge in [-0.1, -0.05) is 11.6 Å². The van der Waals surface area contributed by atoms with Gasteiger partial charge in [0.05, 0.1) is 35.5 Å². The van der Waals surface area contributed by atoms with Gasteiger partial charge in [0, 0.05) is 32.2 Å². The number of carbonyl (C=O) groups excluding carboxylic acids is 1. The van der Waals surface area contributed by atoms with Crippen molar-refractivity contribution in [3.63, 3.8) is 0 Å². The Labute approximate surface area is 149 Å². The number of aliphatic carboxylic acids is 1. The number of rotatable bonds is 3. The molecule has 0 spiro atoms. The van der Waals surface area contributed by atoms with Crippen LogP contribution in [-0.4, -0.2) is 61.4 Å². The molecule has 25 heavy (non-hydrogen) atoms. The molecule has 1 aromatic carbocycles. The van der Waals surface area contributed by atoms with Gasteiger partial charge in [0.15, 0.2) is 0 Å². The van der Waals surface area contributed by atoms with Gasteiger partial charge in [-0.05, 0) is 12.5 Å². The summed E-state index contributed by atoms with van der Waals surface area (Å²) in [6.07, 6.45) is 0.411. The molecule has 2 fully saturated rings. The second-order valence-corrected chi connectivity index (χ2v) is 6.49. The van der Waals surface area contributed by atoms with Gasteiger partial charge in [-0.15, -0.1) is 0 Å². The Kier molecular flexibility index (Phi) is 5.29. The van der Waals surface area contributed by atoms with Gasteiger partial charge in [0.1, 0.15) is 5.82 Å². The molecule has 1 unspecified atom stereocenters. The molecule has 2 amide bonds. The lowest BCUT2D eigenvalue weighted by molar-refractivity contribution is -0.141. The zero-order valence-electron chi connectivity index (χ0n) is 13.5. The van der Waals surface area contributed by atoms with Crippen LogP contribution < -0.4 is 10.2 Å². The molecular formula is C16H19ClFN3O4. The summed E-state index contributed by atoms with van der Waals surface area (Å²) in [6.45, 7) is 2.78. The molecule has 2 saturated heterocycles. The zero-order chi connectivity index (χ0) is 18.0. The van der Waals surface area contributed by atoms with Crippen LogP contribution in [0.5, 0.6) is 0 Å². The van der Waals surface area contributed by atoms with E-state index in [9.17, 15) is 14.0 Å². The molecule has 136 valence electrons. The lowest BCUT2D eigenvalue weighted by Gasteiger charge is -2.31. The second-order valence-electron chi connectivity index (χ2n) is 6.08. The fourth-order valence-corrected chi connectivity index (χ4v) is 3.20. The molecule has 2 heterocycles. The molecule has 0 radical (unpaired) electrons. The number of benzene rings is 1. The van der Waals surface area contributed by atoms with Crippen LogP contribution >= 0.6 is 11.6 Å². The van der Waals surface area contributed by atoms with Crippen molar-refractivity contribution in [1.29, 1.82) is 0 Å². The standard InChI is InChI=1S/C16H19ClFN3O4/c17-11-7-14(20-3-5-25-6-4-20)13(8-12(11)18)19-16(24)21-2-1-10(9-21)15(22)23/h7-8,10H,1-6,9H2,(H,19,24)(H,22,23). The lowest BCUT2D eigenvalue weighted by atomic mass is 10.1. The van der Waals surface area contributed by atoms with Crippen LogP contribution in [0.25, 0.3) is 0 Å². The highest BCUT2D eigenvalue weighted by molar-refractivity contribution is 6.31. The highest BCUT2D eigenvalue weighted by Gasteiger charge is 2.31. The van der Waals surface area contributed by atoms with E-state index in [0.29, 0.717) is 50.6 Å². The number of hydrogen-bond donors (Lipinski definition) is 2. The third-order valence-corrected chi connectivity index (χ3v) is 4.75. The van der Waals surface area contributed by atoms with E-state index in [2.05, 4.69) is 5.32 Å². The van der Waals surface area contributed by atoms with Crippen molar-refractivity contribution in [2.75, 3.05) is 49.6 Å². The minimum atomic E-state index is -0.915. The van der Waals surface area contributed by atoms with Crippen LogP contribution in [0.15, 0.2) is 12.1 Å². The number of urea groups is 1. The molecular weight excluding hydrogens is 353 g/mol. The number of amides is 2. The Balaban J connectivity index is 1.78. The van der Waals surface area contributed by atoms with Crippen molar-refractivity contribution in [2.45, 2.75) is 6.42 Å². The molecule has 0 aliphatic carbocycles. The number of carboxylic acid groups (broad SMARTS) is 1. The van der Waals surface area contributed by atoms with E-state index >= 15 is 0 Å². The first kappa shape index (κ1) is 17.8. The Hall–Kier alpha value is -2.06. The van der Waals surface area contributed by atoms with E-state index in [-0.39, 0.29) is 11.6 Å². The number of carbonyl (C=O) groups is 2. The second kappa shape index (κ2) is 7.45. The fraction of sp³-hybridized carbons (Fsp3) is 0.500. The topological polar surface area (TPSA) is 82.1 Å². The molecule has 0 bridgehead atoms. The monoisotopic (exact) mass is 371 g/mol. The number of nitrogens with zero attached hydrogens (tertiary/aromatic N) is 2. The van der Waals surface area contributed by atoms with Gasteiger partial charge in [0.2, 0.25) is 0 Å². The Morgan fingerprint density at radius 1 is 1.28 bits per heavy atom. The highest BCUT2D eigenvalue weighted by Crippen LogP contribution is 2.32. The summed E-state index contributed by atoms with van der Waals surface area (Å²) in [5.41, 5.74) is 0.935. The van der Waals surface area contributed by atoms with E-state index in [1.54, 1.807) is 0 Å². The molecule has 3 rings (SSSR count). The van der Waals surface area contributed by atoms with Crippen LogP contribution in [0.1, 0.15) is 6.42 Å². The van der Waals surface area contributed by atoms with Crippen molar-refractivity contribution in [1.82, 2.24) is 4.90 Å². The largest absolute Gasteiger partial charge is 0.481 e. The van der Waals surface area contributed by atoms with Crippen LogP contribution in [-0.2, 0) is 9.53 Å². The number of nitrogens with one attached hydrogen (secondary N) is 1. The minimum Gasteiger partial charge on any atom is -0.481 e. The number of likely N-dealkylation sites (tertiary alicyclic amines) is 1. The highest BCUT2D eigenvalue weighted by atomic mass is 35.5. The van der Waals surface area contributed by atoms with E-state index in [1.165, 1.54) is 17.0 Å². The first-order valence-corrected chi connectivity index (χ1v) is 8.44. The number of carboxylic acids is 1. The van der Waals surface area contributed by atoms with Crippen molar-refractivity contribution in [2.24, 2.45) is 5.92 Å². The third-order valence-electron chi connectivity index (χ3n) is 4.46. The summed E-state index contributed by atoms with van der Waals surface area (Å²) in [7, 11) is 0. The molecule has 2 N–H and O–H groups in total. The summed E-state index contributed by atoms with van der Waals surface area (Å²) >= 11 is 5.90. The third kappa shape index (κ3) is 3.96. The normalized spacial score (nSPS) is 20.6. The van der Waals surface area contributed by atoms with Gasteiger partial charge in [-0.25, -0.2) is 9.18 Å². The number of halogens is 2. The molecule has 9 heteroatoms.